The van der Waals surface area contributed by atoms with Crippen LogP contribution in [0.15, 0.2) is 88.2 Å². The molecule has 0 radical (unpaired) electrons. The Morgan fingerprint density at radius 3 is 2.56 bits per heavy atom. The van der Waals surface area contributed by atoms with E-state index in [0.29, 0.717) is 16.8 Å². The van der Waals surface area contributed by atoms with E-state index in [1.807, 2.05) is 42.5 Å². The molecule has 2 aromatic carbocycles. The summed E-state index contributed by atoms with van der Waals surface area (Å²) in [6, 6.07) is 20.8. The van der Waals surface area contributed by atoms with Crippen LogP contribution in [0.3, 0.4) is 0 Å². The highest BCUT2D eigenvalue weighted by molar-refractivity contribution is 5.81. The summed E-state index contributed by atoms with van der Waals surface area (Å²) in [5, 5.41) is 19.9. The average molecular weight is 425 g/mol. The van der Waals surface area contributed by atoms with Gasteiger partial charge >= 0.3 is 0 Å². The third-order valence-electron chi connectivity index (χ3n) is 5.00. The molecular weight excluding hydrogens is 410 g/mol. The Morgan fingerprint density at radius 1 is 0.938 bits per heavy atom. The zero-order chi connectivity index (χ0) is 22.1. The summed E-state index contributed by atoms with van der Waals surface area (Å²) in [7, 11) is 0. The molecule has 9 nitrogen and oxygen atoms in total. The molecule has 0 saturated heterocycles. The molecule has 32 heavy (non-hydrogen) atoms. The molecule has 0 atom stereocenters. The Morgan fingerprint density at radius 2 is 1.75 bits per heavy atom. The van der Waals surface area contributed by atoms with Crippen molar-refractivity contribution in [1.82, 2.24) is 19.7 Å². The predicted molar refractivity (Wildman–Crippen MR) is 117 cm³/mol. The van der Waals surface area contributed by atoms with Crippen LogP contribution in [0.25, 0.3) is 33.6 Å². The molecule has 9 heteroatoms. The summed E-state index contributed by atoms with van der Waals surface area (Å²) in [4.78, 5) is 28.3. The van der Waals surface area contributed by atoms with Crippen LogP contribution >= 0.6 is 0 Å². The molecule has 0 fully saturated rings. The first-order valence-corrected chi connectivity index (χ1v) is 9.71. The van der Waals surface area contributed by atoms with E-state index >= 15 is 0 Å². The first-order valence-electron chi connectivity index (χ1n) is 9.71. The van der Waals surface area contributed by atoms with Gasteiger partial charge in [0, 0.05) is 34.8 Å². The molecule has 0 aliphatic rings. The van der Waals surface area contributed by atoms with Gasteiger partial charge in [0.05, 0.1) is 4.92 Å². The fourth-order valence-corrected chi connectivity index (χ4v) is 3.50. The monoisotopic (exact) mass is 425 g/mol. The smallest absolute Gasteiger partial charge is 0.270 e. The molecule has 0 aliphatic heterocycles. The maximum absolute atomic E-state index is 13.3. The maximum atomic E-state index is 13.3. The molecule has 156 valence electrons. The molecule has 0 aliphatic carbocycles. The van der Waals surface area contributed by atoms with Crippen LogP contribution in [0.2, 0.25) is 0 Å². The SMILES string of the molecule is O=c1c(-c2ccccc2)cc2cccnc2n1Cc1nnc(-c2cccc([N+](=O)[O-])c2)o1. The largest absolute Gasteiger partial charge is 0.419 e. The second kappa shape index (κ2) is 7.88. The number of pyridine rings is 2. The number of nitro benzene ring substituents is 1. The van der Waals surface area contributed by atoms with Crippen LogP contribution in [-0.4, -0.2) is 24.7 Å². The van der Waals surface area contributed by atoms with E-state index in [9.17, 15) is 14.9 Å². The highest BCUT2D eigenvalue weighted by Gasteiger charge is 2.17. The van der Waals surface area contributed by atoms with Crippen molar-refractivity contribution in [1.29, 1.82) is 0 Å². The zero-order valence-electron chi connectivity index (χ0n) is 16.6. The van der Waals surface area contributed by atoms with Gasteiger partial charge in [-0.25, -0.2) is 4.98 Å². The van der Waals surface area contributed by atoms with E-state index in [-0.39, 0.29) is 29.6 Å². The van der Waals surface area contributed by atoms with Crippen molar-refractivity contribution in [2.24, 2.45) is 0 Å². The first kappa shape index (κ1) is 19.3. The van der Waals surface area contributed by atoms with Crippen LogP contribution in [0.5, 0.6) is 0 Å². The lowest BCUT2D eigenvalue weighted by Crippen LogP contribution is -2.23. The summed E-state index contributed by atoms with van der Waals surface area (Å²) in [6.45, 7) is 0.00888. The number of benzene rings is 2. The van der Waals surface area contributed by atoms with Gasteiger partial charge in [-0.15, -0.1) is 10.2 Å². The Hall–Kier alpha value is -4.66. The van der Waals surface area contributed by atoms with E-state index in [1.54, 1.807) is 24.4 Å². The molecule has 0 spiro atoms. The van der Waals surface area contributed by atoms with Gasteiger partial charge in [-0.2, -0.15) is 0 Å². The number of rotatable bonds is 5. The number of hydrogen-bond donors (Lipinski definition) is 0. The lowest BCUT2D eigenvalue weighted by atomic mass is 10.1. The van der Waals surface area contributed by atoms with Gasteiger partial charge in [0.25, 0.3) is 11.2 Å². The van der Waals surface area contributed by atoms with Gasteiger partial charge in [0.1, 0.15) is 12.2 Å². The normalized spacial score (nSPS) is 11.0. The molecule has 0 amide bonds. The Kier molecular flexibility index (Phi) is 4.75. The summed E-state index contributed by atoms with van der Waals surface area (Å²) in [5.74, 6) is 0.319. The topological polar surface area (TPSA) is 117 Å². The lowest BCUT2D eigenvalue weighted by Gasteiger charge is -2.10. The zero-order valence-corrected chi connectivity index (χ0v) is 16.6. The second-order valence-corrected chi connectivity index (χ2v) is 7.04. The second-order valence-electron chi connectivity index (χ2n) is 7.04. The third kappa shape index (κ3) is 3.52. The standard InChI is InChI=1S/C23H15N5O4/c29-23-19(15-6-2-1-3-7-15)13-16-9-5-11-24-21(16)27(23)14-20-25-26-22(32-20)17-8-4-10-18(12-17)28(30)31/h1-13H,14H2. The fraction of sp³-hybridized carbons (Fsp3) is 0.0435. The van der Waals surface area contributed by atoms with Crippen LogP contribution in [0.4, 0.5) is 5.69 Å². The molecule has 0 unspecified atom stereocenters. The third-order valence-corrected chi connectivity index (χ3v) is 5.00. The molecule has 0 saturated carbocycles. The van der Waals surface area contributed by atoms with Crippen molar-refractivity contribution in [2.75, 3.05) is 0 Å². The number of non-ortho nitro benzene ring substituents is 1. The minimum Gasteiger partial charge on any atom is -0.419 e. The quantitative estimate of drug-likeness (QED) is 0.308. The van der Waals surface area contributed by atoms with Crippen molar-refractivity contribution in [2.45, 2.75) is 6.54 Å². The van der Waals surface area contributed by atoms with Gasteiger partial charge in [0.2, 0.25) is 11.8 Å². The van der Waals surface area contributed by atoms with Crippen molar-refractivity contribution < 1.29 is 9.34 Å². The number of aromatic nitrogens is 4. The van der Waals surface area contributed by atoms with E-state index < -0.39 is 4.92 Å². The van der Waals surface area contributed by atoms with Crippen LogP contribution in [-0.2, 0) is 6.54 Å². The predicted octanol–water partition coefficient (Wildman–Crippen LogP) is 4.07. The summed E-state index contributed by atoms with van der Waals surface area (Å²) in [5.41, 5.74) is 1.92. The van der Waals surface area contributed by atoms with E-state index in [2.05, 4.69) is 15.2 Å². The lowest BCUT2D eigenvalue weighted by molar-refractivity contribution is -0.384. The van der Waals surface area contributed by atoms with Crippen molar-refractivity contribution in [3.63, 3.8) is 0 Å². The minimum absolute atomic E-state index is 0.00888. The summed E-state index contributed by atoms with van der Waals surface area (Å²) < 4.78 is 7.21. The van der Waals surface area contributed by atoms with Gasteiger partial charge in [0.15, 0.2) is 0 Å². The van der Waals surface area contributed by atoms with E-state index in [0.717, 1.165) is 10.9 Å². The van der Waals surface area contributed by atoms with Crippen LogP contribution < -0.4 is 5.56 Å². The Labute approximate surface area is 180 Å². The van der Waals surface area contributed by atoms with E-state index in [4.69, 9.17) is 4.42 Å². The number of nitro groups is 1. The van der Waals surface area contributed by atoms with Crippen LogP contribution in [0.1, 0.15) is 5.89 Å². The fourth-order valence-electron chi connectivity index (χ4n) is 3.50. The minimum atomic E-state index is -0.493. The van der Waals surface area contributed by atoms with Gasteiger partial charge < -0.3 is 4.42 Å². The molecule has 5 rings (SSSR count). The Balaban J connectivity index is 1.58. The number of fused-ring (bicyclic) bond motifs is 1. The molecule has 3 aromatic heterocycles. The molecule has 3 heterocycles. The number of hydrogen-bond acceptors (Lipinski definition) is 7. The Bertz CT molecular complexity index is 1510. The van der Waals surface area contributed by atoms with E-state index in [1.165, 1.54) is 16.7 Å². The van der Waals surface area contributed by atoms with Gasteiger partial charge in [-0.1, -0.05) is 36.4 Å². The molecular formula is C23H15N5O4. The van der Waals surface area contributed by atoms with Gasteiger partial charge in [-0.05, 0) is 29.8 Å². The van der Waals surface area contributed by atoms with Gasteiger partial charge in [-0.3, -0.25) is 19.5 Å². The molecule has 0 bridgehead atoms. The van der Waals surface area contributed by atoms with Crippen molar-refractivity contribution in [3.8, 4) is 22.6 Å². The van der Waals surface area contributed by atoms with Crippen molar-refractivity contribution in [3.05, 3.63) is 105 Å². The maximum Gasteiger partial charge on any atom is 0.270 e. The highest BCUT2D eigenvalue weighted by atomic mass is 16.6. The van der Waals surface area contributed by atoms with Crippen LogP contribution in [0, 0.1) is 10.1 Å². The first-order chi connectivity index (χ1) is 15.6. The summed E-state index contributed by atoms with van der Waals surface area (Å²) in [6.07, 6.45) is 1.61. The highest BCUT2D eigenvalue weighted by Crippen LogP contribution is 2.24. The number of nitrogens with zero attached hydrogens (tertiary/aromatic N) is 5. The summed E-state index contributed by atoms with van der Waals surface area (Å²) >= 11 is 0. The average Bonchev–Trinajstić information content (AvgIpc) is 3.30. The molecule has 0 N–H and O–H groups in total. The molecule has 5 aromatic rings. The van der Waals surface area contributed by atoms with Crippen molar-refractivity contribution >= 4 is 16.7 Å².